The molecule has 114 valence electrons. The number of nitrogens with one attached hydrogen (secondary N) is 1. The van der Waals surface area contributed by atoms with Crippen LogP contribution in [-0.2, 0) is 26.5 Å². The van der Waals surface area contributed by atoms with E-state index in [0.29, 0.717) is 6.42 Å². The highest BCUT2D eigenvalue weighted by atomic mass is 32.2. The van der Waals surface area contributed by atoms with Gasteiger partial charge in [-0.3, -0.25) is 0 Å². The van der Waals surface area contributed by atoms with Gasteiger partial charge in [-0.25, -0.2) is 26.7 Å². The summed E-state index contributed by atoms with van der Waals surface area (Å²) in [5.41, 5.74) is 0. The Balaban J connectivity index is 1.88. The second-order valence-electron chi connectivity index (χ2n) is 4.86. The Kier molecular flexibility index (Phi) is 4.85. The van der Waals surface area contributed by atoms with Crippen LogP contribution in [0.1, 0.15) is 30.6 Å². The fourth-order valence-electron chi connectivity index (χ4n) is 2.28. The lowest BCUT2D eigenvalue weighted by Gasteiger charge is -2.11. The molecule has 1 saturated carbocycles. The Labute approximate surface area is 123 Å². The lowest BCUT2D eigenvalue weighted by molar-refractivity contribution is 0.565. The van der Waals surface area contributed by atoms with Crippen LogP contribution in [0.15, 0.2) is 16.3 Å². The Hall–Kier alpha value is -0.480. The van der Waals surface area contributed by atoms with Crippen LogP contribution in [0.5, 0.6) is 0 Å². The van der Waals surface area contributed by atoms with Crippen LogP contribution in [0.4, 0.5) is 0 Å². The van der Waals surface area contributed by atoms with E-state index in [1.54, 1.807) is 6.07 Å². The molecule has 6 nitrogen and oxygen atoms in total. The van der Waals surface area contributed by atoms with Crippen molar-refractivity contribution in [3.8, 4) is 0 Å². The predicted molar refractivity (Wildman–Crippen MR) is 78.6 cm³/mol. The number of hydrogen-bond acceptors (Lipinski definition) is 5. The summed E-state index contributed by atoms with van der Waals surface area (Å²) in [6.07, 6.45) is 3.85. The summed E-state index contributed by atoms with van der Waals surface area (Å²) in [6, 6.07) is 3.11. The van der Waals surface area contributed by atoms with Crippen LogP contribution in [0, 0.1) is 0 Å². The topological polar surface area (TPSA) is 106 Å². The van der Waals surface area contributed by atoms with Crippen LogP contribution in [-0.4, -0.2) is 28.6 Å². The van der Waals surface area contributed by atoms with Crippen molar-refractivity contribution in [2.24, 2.45) is 5.14 Å². The highest BCUT2D eigenvalue weighted by Gasteiger charge is 2.28. The third-order valence-electron chi connectivity index (χ3n) is 3.33. The molecule has 1 aromatic heterocycles. The number of rotatable bonds is 6. The van der Waals surface area contributed by atoms with E-state index >= 15 is 0 Å². The summed E-state index contributed by atoms with van der Waals surface area (Å²) in [7, 11) is -6.91. The molecule has 0 atom stereocenters. The molecule has 0 unspecified atom stereocenters. The van der Waals surface area contributed by atoms with Crippen molar-refractivity contribution in [3.63, 3.8) is 0 Å². The number of primary sulfonamides is 1. The van der Waals surface area contributed by atoms with E-state index in [1.807, 2.05) is 0 Å². The summed E-state index contributed by atoms with van der Waals surface area (Å²) in [6.45, 7) is 0.281. The first-order chi connectivity index (χ1) is 9.29. The minimum absolute atomic E-state index is 0.103. The first-order valence-corrected chi connectivity index (χ1v) is 10.3. The van der Waals surface area contributed by atoms with Gasteiger partial charge in [0.1, 0.15) is 4.21 Å². The van der Waals surface area contributed by atoms with Gasteiger partial charge in [-0.05, 0) is 31.4 Å². The molecule has 1 fully saturated rings. The lowest BCUT2D eigenvalue weighted by atomic mass is 10.3. The second kappa shape index (κ2) is 6.10. The number of sulfonamides is 2. The van der Waals surface area contributed by atoms with Gasteiger partial charge in [0, 0.05) is 11.4 Å². The summed E-state index contributed by atoms with van der Waals surface area (Å²) < 4.78 is 48.9. The molecule has 1 heterocycles. The molecule has 2 rings (SSSR count). The fourth-order valence-corrected chi connectivity index (χ4v) is 5.63. The predicted octanol–water partition coefficient (Wildman–Crippen LogP) is 0.800. The largest absolute Gasteiger partial charge is 0.247 e. The minimum atomic E-state index is -3.67. The monoisotopic (exact) mass is 338 g/mol. The quantitative estimate of drug-likeness (QED) is 0.800. The van der Waals surface area contributed by atoms with Crippen molar-refractivity contribution >= 4 is 31.4 Å². The molecule has 1 aromatic rings. The SMILES string of the molecule is NS(=O)(=O)c1ccc(CCNS(=O)(=O)C2CCCC2)s1. The average molecular weight is 338 g/mol. The molecule has 20 heavy (non-hydrogen) atoms. The van der Waals surface area contributed by atoms with Gasteiger partial charge in [-0.15, -0.1) is 11.3 Å². The van der Waals surface area contributed by atoms with Gasteiger partial charge in [0.2, 0.25) is 20.0 Å². The van der Waals surface area contributed by atoms with Crippen molar-refractivity contribution in [2.45, 2.75) is 41.6 Å². The highest BCUT2D eigenvalue weighted by molar-refractivity contribution is 7.91. The molecule has 0 aliphatic heterocycles. The molecular formula is C11H18N2O4S3. The Morgan fingerprint density at radius 1 is 1.20 bits per heavy atom. The molecule has 0 radical (unpaired) electrons. The van der Waals surface area contributed by atoms with Crippen LogP contribution < -0.4 is 9.86 Å². The zero-order valence-electron chi connectivity index (χ0n) is 10.9. The van der Waals surface area contributed by atoms with E-state index in [1.165, 1.54) is 6.07 Å². The summed E-state index contributed by atoms with van der Waals surface area (Å²) in [5, 5.41) is 4.75. The second-order valence-corrected chi connectivity index (χ2v) is 9.86. The number of hydrogen-bond donors (Lipinski definition) is 2. The maximum atomic E-state index is 12.0. The van der Waals surface area contributed by atoms with E-state index < -0.39 is 20.0 Å². The number of thiophene rings is 1. The third kappa shape index (κ3) is 4.01. The summed E-state index contributed by atoms with van der Waals surface area (Å²) in [4.78, 5) is 0.795. The normalized spacial score (nSPS) is 17.6. The molecule has 0 aromatic carbocycles. The van der Waals surface area contributed by atoms with Crippen molar-refractivity contribution in [2.75, 3.05) is 6.54 Å². The van der Waals surface area contributed by atoms with Gasteiger partial charge in [-0.2, -0.15) is 0 Å². The minimum Gasteiger partial charge on any atom is -0.224 e. The lowest BCUT2D eigenvalue weighted by Crippen LogP contribution is -2.33. The third-order valence-corrected chi connectivity index (χ3v) is 7.87. The van der Waals surface area contributed by atoms with Crippen LogP contribution in [0.3, 0.4) is 0 Å². The van der Waals surface area contributed by atoms with Gasteiger partial charge in [0.25, 0.3) is 0 Å². The molecule has 1 aliphatic rings. The van der Waals surface area contributed by atoms with Crippen LogP contribution in [0.2, 0.25) is 0 Å². The zero-order valence-corrected chi connectivity index (χ0v) is 13.4. The Bertz CT molecular complexity index is 658. The van der Waals surface area contributed by atoms with Crippen LogP contribution in [0.25, 0.3) is 0 Å². The van der Waals surface area contributed by atoms with Crippen LogP contribution >= 0.6 is 11.3 Å². The van der Waals surface area contributed by atoms with E-state index in [-0.39, 0.29) is 16.0 Å². The van der Waals surface area contributed by atoms with Gasteiger partial charge >= 0.3 is 0 Å². The molecule has 0 saturated heterocycles. The summed E-state index contributed by atoms with van der Waals surface area (Å²) >= 11 is 1.07. The number of nitrogens with two attached hydrogens (primary N) is 1. The zero-order chi connectivity index (χ0) is 14.8. The van der Waals surface area contributed by atoms with Crippen molar-refractivity contribution in [3.05, 3.63) is 17.0 Å². The van der Waals surface area contributed by atoms with E-state index in [2.05, 4.69) is 4.72 Å². The molecule has 0 bridgehead atoms. The van der Waals surface area contributed by atoms with E-state index in [0.717, 1.165) is 41.9 Å². The van der Waals surface area contributed by atoms with E-state index in [4.69, 9.17) is 5.14 Å². The highest BCUT2D eigenvalue weighted by Crippen LogP contribution is 2.24. The molecule has 0 spiro atoms. The van der Waals surface area contributed by atoms with Crippen molar-refractivity contribution < 1.29 is 16.8 Å². The first kappa shape index (κ1) is 15.9. The van der Waals surface area contributed by atoms with Gasteiger partial charge < -0.3 is 0 Å². The standard InChI is InChI=1S/C11H18N2O4S3/c12-19(14,15)11-6-5-9(18-11)7-8-13-20(16,17)10-3-1-2-4-10/h5-6,10,13H,1-4,7-8H2,(H2,12,14,15). The molecule has 3 N–H and O–H groups in total. The molecule has 1 aliphatic carbocycles. The van der Waals surface area contributed by atoms with Crippen molar-refractivity contribution in [1.82, 2.24) is 4.72 Å². The average Bonchev–Trinajstić information content (AvgIpc) is 2.99. The Morgan fingerprint density at radius 3 is 2.40 bits per heavy atom. The smallest absolute Gasteiger partial charge is 0.224 e. The molecule has 9 heteroatoms. The summed E-state index contributed by atoms with van der Waals surface area (Å²) in [5.74, 6) is 0. The molecule has 0 amide bonds. The Morgan fingerprint density at radius 2 is 1.85 bits per heavy atom. The fraction of sp³-hybridized carbons (Fsp3) is 0.636. The maximum absolute atomic E-state index is 12.0. The van der Waals surface area contributed by atoms with Gasteiger partial charge in [0.15, 0.2) is 0 Å². The first-order valence-electron chi connectivity index (χ1n) is 6.39. The van der Waals surface area contributed by atoms with Gasteiger partial charge in [0.05, 0.1) is 5.25 Å². The maximum Gasteiger partial charge on any atom is 0.247 e. The van der Waals surface area contributed by atoms with E-state index in [9.17, 15) is 16.8 Å². The van der Waals surface area contributed by atoms with Gasteiger partial charge in [-0.1, -0.05) is 12.8 Å². The van der Waals surface area contributed by atoms with Crippen molar-refractivity contribution in [1.29, 1.82) is 0 Å². The molecular weight excluding hydrogens is 320 g/mol.